The highest BCUT2D eigenvalue weighted by Crippen LogP contribution is 2.20. The fourth-order valence-electron chi connectivity index (χ4n) is 1.65. The average molecular weight is 221 g/mol. The van der Waals surface area contributed by atoms with Crippen molar-refractivity contribution in [3.63, 3.8) is 0 Å². The van der Waals surface area contributed by atoms with Gasteiger partial charge in [0.25, 0.3) is 0 Å². The second-order valence-electron chi connectivity index (χ2n) is 3.69. The number of aromatic nitrogens is 1. The van der Waals surface area contributed by atoms with Gasteiger partial charge in [-0.2, -0.15) is 12.6 Å². The van der Waals surface area contributed by atoms with E-state index >= 15 is 0 Å². The summed E-state index contributed by atoms with van der Waals surface area (Å²) in [6.45, 7) is 6.19. The third-order valence-corrected chi connectivity index (χ3v) is 2.40. The molecule has 0 radical (unpaired) electrons. The molecule has 0 amide bonds. The molecule has 0 aliphatic heterocycles. The lowest BCUT2D eigenvalue weighted by Crippen LogP contribution is -1.97. The van der Waals surface area contributed by atoms with E-state index in [-0.39, 0.29) is 0 Å². The van der Waals surface area contributed by atoms with Gasteiger partial charge in [0, 0.05) is 22.7 Å². The summed E-state index contributed by atoms with van der Waals surface area (Å²) < 4.78 is 0. The Labute approximate surface area is 97.7 Å². The van der Waals surface area contributed by atoms with Gasteiger partial charge in [-0.25, -0.2) is 0 Å². The molecule has 1 aromatic rings. The molecule has 2 heteroatoms. The third kappa shape index (κ3) is 3.31. The predicted molar refractivity (Wildman–Crippen MR) is 72.4 cm³/mol. The molecular weight excluding hydrogens is 202 g/mol. The topological polar surface area (TPSA) is 15.8 Å². The van der Waals surface area contributed by atoms with Crippen LogP contribution < -0.4 is 0 Å². The number of nitrogens with one attached hydrogen (secondary N) is 1. The zero-order valence-electron chi connectivity index (χ0n) is 9.62. The first kappa shape index (κ1) is 12.2. The normalized spacial score (nSPS) is 14.1. The summed E-state index contributed by atoms with van der Waals surface area (Å²) in [7, 11) is 0. The molecule has 1 nitrogen and oxygen atoms in total. The van der Waals surface area contributed by atoms with E-state index in [4.69, 9.17) is 0 Å². The Morgan fingerprint density at radius 3 is 2.53 bits per heavy atom. The summed E-state index contributed by atoms with van der Waals surface area (Å²) in [5.74, 6) is 0. The highest BCUT2D eigenvalue weighted by Gasteiger charge is 2.07. The summed E-state index contributed by atoms with van der Waals surface area (Å²) in [4.78, 5) is 3.29. The fraction of sp³-hybridized carbons (Fsp3) is 0.385. The highest BCUT2D eigenvalue weighted by atomic mass is 32.1. The molecule has 1 heterocycles. The van der Waals surface area contributed by atoms with Crippen molar-refractivity contribution in [1.29, 1.82) is 0 Å². The summed E-state index contributed by atoms with van der Waals surface area (Å²) in [6, 6.07) is 0. The van der Waals surface area contributed by atoms with Gasteiger partial charge in [0.2, 0.25) is 0 Å². The van der Waals surface area contributed by atoms with Crippen LogP contribution in [0.4, 0.5) is 0 Å². The standard InChI is InChI=1S/C13H19NS/c1-4-6-12-11(8-10(3)15)9-14-13(12)7-5-2/h4-7,9-10,14-15H,8H2,1-3H3/b6-4-,7-5-. The van der Waals surface area contributed by atoms with E-state index in [1.165, 1.54) is 16.8 Å². The average Bonchev–Trinajstić information content (AvgIpc) is 2.51. The molecule has 1 N–H and O–H groups in total. The molecule has 0 saturated carbocycles. The molecule has 0 bridgehead atoms. The Morgan fingerprint density at radius 2 is 2.00 bits per heavy atom. The van der Waals surface area contributed by atoms with E-state index < -0.39 is 0 Å². The summed E-state index contributed by atoms with van der Waals surface area (Å²) in [5, 5.41) is 0.392. The van der Waals surface area contributed by atoms with Crippen molar-refractivity contribution in [2.24, 2.45) is 0 Å². The van der Waals surface area contributed by atoms with Gasteiger partial charge in [-0.05, 0) is 31.9 Å². The first-order chi connectivity index (χ1) is 7.19. The van der Waals surface area contributed by atoms with Crippen LogP contribution in [0.1, 0.15) is 37.6 Å². The highest BCUT2D eigenvalue weighted by molar-refractivity contribution is 7.80. The Balaban J connectivity index is 3.05. The maximum atomic E-state index is 4.43. The van der Waals surface area contributed by atoms with Gasteiger partial charge < -0.3 is 4.98 Å². The largest absolute Gasteiger partial charge is 0.361 e. The van der Waals surface area contributed by atoms with Crippen LogP contribution in [0.25, 0.3) is 12.2 Å². The smallest absolute Gasteiger partial charge is 0.0453 e. The van der Waals surface area contributed by atoms with Crippen LogP contribution in [0.5, 0.6) is 0 Å². The van der Waals surface area contributed by atoms with Crippen LogP contribution in [0, 0.1) is 0 Å². The lowest BCUT2D eigenvalue weighted by Gasteiger charge is -2.03. The quantitative estimate of drug-likeness (QED) is 0.716. The lowest BCUT2D eigenvalue weighted by molar-refractivity contribution is 0.950. The molecule has 0 spiro atoms. The number of hydrogen-bond donors (Lipinski definition) is 2. The van der Waals surface area contributed by atoms with Crippen molar-refractivity contribution in [1.82, 2.24) is 4.98 Å². The van der Waals surface area contributed by atoms with Crippen molar-refractivity contribution in [3.05, 3.63) is 35.2 Å². The number of rotatable bonds is 4. The molecule has 15 heavy (non-hydrogen) atoms. The summed E-state index contributed by atoms with van der Waals surface area (Å²) >= 11 is 4.43. The lowest BCUT2D eigenvalue weighted by atomic mass is 10.1. The second-order valence-corrected chi connectivity index (χ2v) is 4.58. The van der Waals surface area contributed by atoms with Crippen LogP contribution in [-0.4, -0.2) is 10.2 Å². The predicted octanol–water partition coefficient (Wildman–Crippen LogP) is 3.94. The van der Waals surface area contributed by atoms with E-state index in [0.29, 0.717) is 5.25 Å². The Hall–Kier alpha value is -0.890. The van der Waals surface area contributed by atoms with Crippen LogP contribution in [0.15, 0.2) is 18.3 Å². The molecular formula is C13H19NS. The van der Waals surface area contributed by atoms with Gasteiger partial charge in [0.1, 0.15) is 0 Å². The molecule has 1 aromatic heterocycles. The summed E-state index contributed by atoms with van der Waals surface area (Å²) in [5.41, 5.74) is 3.81. The zero-order chi connectivity index (χ0) is 11.3. The Bertz CT molecular complexity index is 359. The molecule has 1 atom stereocenters. The van der Waals surface area contributed by atoms with E-state index in [2.05, 4.69) is 49.0 Å². The molecule has 0 aromatic carbocycles. The van der Waals surface area contributed by atoms with E-state index in [1.54, 1.807) is 0 Å². The van der Waals surface area contributed by atoms with E-state index in [1.807, 2.05) is 19.9 Å². The second kappa shape index (κ2) is 5.86. The first-order valence-electron chi connectivity index (χ1n) is 5.32. The number of allylic oxidation sites excluding steroid dienone is 2. The molecule has 82 valence electrons. The number of aromatic amines is 1. The van der Waals surface area contributed by atoms with Crippen molar-refractivity contribution in [3.8, 4) is 0 Å². The van der Waals surface area contributed by atoms with Crippen LogP contribution >= 0.6 is 12.6 Å². The van der Waals surface area contributed by atoms with Gasteiger partial charge in [-0.3, -0.25) is 0 Å². The molecule has 0 aliphatic rings. The minimum atomic E-state index is 0.392. The Kier molecular flexibility index (Phi) is 4.76. The van der Waals surface area contributed by atoms with Gasteiger partial charge >= 0.3 is 0 Å². The van der Waals surface area contributed by atoms with Crippen LogP contribution in [0.2, 0.25) is 0 Å². The third-order valence-electron chi connectivity index (χ3n) is 2.22. The van der Waals surface area contributed by atoms with Gasteiger partial charge in [0.05, 0.1) is 0 Å². The van der Waals surface area contributed by atoms with Gasteiger partial charge in [-0.15, -0.1) is 0 Å². The van der Waals surface area contributed by atoms with E-state index in [0.717, 1.165) is 6.42 Å². The number of thiol groups is 1. The maximum Gasteiger partial charge on any atom is 0.0453 e. The minimum absolute atomic E-state index is 0.392. The molecule has 1 unspecified atom stereocenters. The molecule has 0 fully saturated rings. The van der Waals surface area contributed by atoms with Crippen molar-refractivity contribution in [2.75, 3.05) is 0 Å². The number of hydrogen-bond acceptors (Lipinski definition) is 1. The van der Waals surface area contributed by atoms with Crippen molar-refractivity contribution < 1.29 is 0 Å². The van der Waals surface area contributed by atoms with Gasteiger partial charge in [0.15, 0.2) is 0 Å². The molecule has 1 rings (SSSR count). The molecule has 0 saturated heterocycles. The van der Waals surface area contributed by atoms with Crippen LogP contribution in [0.3, 0.4) is 0 Å². The fourth-order valence-corrected chi connectivity index (χ4v) is 1.85. The summed E-state index contributed by atoms with van der Waals surface area (Å²) in [6.07, 6.45) is 11.4. The van der Waals surface area contributed by atoms with Crippen molar-refractivity contribution in [2.45, 2.75) is 32.4 Å². The first-order valence-corrected chi connectivity index (χ1v) is 5.84. The van der Waals surface area contributed by atoms with Crippen LogP contribution in [-0.2, 0) is 6.42 Å². The Morgan fingerprint density at radius 1 is 1.33 bits per heavy atom. The van der Waals surface area contributed by atoms with Gasteiger partial charge in [-0.1, -0.05) is 25.2 Å². The van der Waals surface area contributed by atoms with E-state index in [9.17, 15) is 0 Å². The maximum absolute atomic E-state index is 4.43. The monoisotopic (exact) mass is 221 g/mol. The minimum Gasteiger partial charge on any atom is -0.361 e. The molecule has 0 aliphatic carbocycles. The number of H-pyrrole nitrogens is 1. The zero-order valence-corrected chi connectivity index (χ0v) is 10.5. The van der Waals surface area contributed by atoms with Crippen molar-refractivity contribution >= 4 is 24.8 Å². The SMILES string of the molecule is C/C=C\c1[nH]cc(CC(C)S)c1/C=C\C.